The number of nitrogens with zero attached hydrogens (tertiary/aromatic N) is 4. The first kappa shape index (κ1) is 34.1. The lowest BCUT2D eigenvalue weighted by atomic mass is 10.2. The van der Waals surface area contributed by atoms with E-state index < -0.39 is 0 Å². The van der Waals surface area contributed by atoms with Crippen molar-refractivity contribution < 1.29 is 37.9 Å². The molecule has 0 aromatic heterocycles. The molecule has 2 fully saturated rings. The summed E-state index contributed by atoms with van der Waals surface area (Å²) < 4.78 is 45.8. The second-order valence-corrected chi connectivity index (χ2v) is 11.5. The van der Waals surface area contributed by atoms with Crippen molar-refractivity contribution >= 4 is 22.7 Å². The molecule has 2 aliphatic heterocycles. The second kappa shape index (κ2) is 14.8. The Hall–Kier alpha value is -5.78. The molecular formula is C38H44N4O8. The molecule has 12 nitrogen and oxygen atoms in total. The normalized spacial score (nSPS) is 14.2. The van der Waals surface area contributed by atoms with Crippen molar-refractivity contribution in [1.29, 1.82) is 0 Å². The molecule has 2 heterocycles. The highest BCUT2D eigenvalue weighted by Crippen LogP contribution is 2.44. The van der Waals surface area contributed by atoms with Gasteiger partial charge < -0.3 is 57.5 Å². The molecule has 4 aromatic rings. The quantitative estimate of drug-likeness (QED) is 0.170. The Morgan fingerprint density at radius 2 is 0.440 bits per heavy atom. The van der Waals surface area contributed by atoms with Crippen LogP contribution in [0.1, 0.15) is 0 Å². The predicted molar refractivity (Wildman–Crippen MR) is 195 cm³/mol. The zero-order valence-electron chi connectivity index (χ0n) is 29.8. The van der Waals surface area contributed by atoms with Gasteiger partial charge >= 0.3 is 0 Å². The minimum absolute atomic E-state index is 0.652. The standard InChI is InChI=1S/C38H44N4O8/c1-43-29-13-25(14-30(21-29)44-2)39-9-10-40(26-15-31(45-3)22-32(16-26)46-4)37(39)38-41(27-17-33(47-5)23-34(18-27)48-6)11-12-42(38)28-19-35(49-7)24-36(20-28)50-8/h13-24H,9-12H2,1-8H3. The smallest absolute Gasteiger partial charge is 0.156 e. The van der Waals surface area contributed by atoms with Crippen LogP contribution in [0.3, 0.4) is 0 Å². The Kier molecular flexibility index (Phi) is 10.1. The van der Waals surface area contributed by atoms with Crippen LogP contribution in [0, 0.1) is 0 Å². The molecule has 6 rings (SSSR count). The van der Waals surface area contributed by atoms with Crippen LogP contribution < -0.4 is 57.5 Å². The van der Waals surface area contributed by atoms with E-state index in [1.165, 1.54) is 0 Å². The molecule has 2 saturated heterocycles. The highest BCUT2D eigenvalue weighted by atomic mass is 16.5. The van der Waals surface area contributed by atoms with Crippen LogP contribution in [0.2, 0.25) is 0 Å². The fourth-order valence-corrected chi connectivity index (χ4v) is 6.40. The number of hydrogen-bond acceptors (Lipinski definition) is 12. The van der Waals surface area contributed by atoms with E-state index in [0.717, 1.165) is 34.4 Å². The second-order valence-electron chi connectivity index (χ2n) is 11.5. The molecule has 0 radical (unpaired) electrons. The summed E-state index contributed by atoms with van der Waals surface area (Å²) in [6.45, 7) is 2.61. The maximum atomic E-state index is 5.73. The first-order chi connectivity index (χ1) is 24.4. The summed E-state index contributed by atoms with van der Waals surface area (Å²) in [6, 6.07) is 23.6. The number of rotatable bonds is 12. The van der Waals surface area contributed by atoms with Crippen LogP contribution in [0.5, 0.6) is 46.0 Å². The SMILES string of the molecule is COc1cc(OC)cc(N2CCN(c3cc(OC)cc(OC)c3)C2=C2N(c3cc(OC)cc(OC)c3)CCN2c2cc(OC)cc(OC)c2)c1. The molecule has 0 N–H and O–H groups in total. The first-order valence-corrected chi connectivity index (χ1v) is 16.1. The van der Waals surface area contributed by atoms with Crippen LogP contribution in [0.4, 0.5) is 22.7 Å². The Bertz CT molecular complexity index is 1510. The summed E-state index contributed by atoms with van der Waals surface area (Å²) in [5.74, 6) is 7.27. The Morgan fingerprint density at radius 3 is 0.580 bits per heavy atom. The number of anilines is 4. The molecule has 2 aliphatic rings. The van der Waals surface area contributed by atoms with Gasteiger partial charge in [0.15, 0.2) is 11.6 Å². The summed E-state index contributed by atoms with van der Waals surface area (Å²) >= 11 is 0. The molecule has 0 bridgehead atoms. The van der Waals surface area contributed by atoms with Gasteiger partial charge in [0.05, 0.1) is 56.9 Å². The van der Waals surface area contributed by atoms with Crippen molar-refractivity contribution in [2.75, 3.05) is 103 Å². The van der Waals surface area contributed by atoms with Crippen molar-refractivity contribution in [3.63, 3.8) is 0 Å². The van der Waals surface area contributed by atoms with Gasteiger partial charge in [-0.2, -0.15) is 0 Å². The summed E-state index contributed by atoms with van der Waals surface area (Å²) in [6.07, 6.45) is 0. The van der Waals surface area contributed by atoms with Gasteiger partial charge in [-0.15, -0.1) is 0 Å². The third-order valence-corrected chi connectivity index (χ3v) is 8.91. The maximum Gasteiger partial charge on any atom is 0.156 e. The Morgan fingerprint density at radius 1 is 0.280 bits per heavy atom. The predicted octanol–water partition coefficient (Wildman–Crippen LogP) is 6.24. The lowest BCUT2D eigenvalue weighted by molar-refractivity contribution is 0.394. The monoisotopic (exact) mass is 684 g/mol. The van der Waals surface area contributed by atoms with Gasteiger partial charge in [-0.1, -0.05) is 0 Å². The van der Waals surface area contributed by atoms with E-state index in [0.29, 0.717) is 72.2 Å². The van der Waals surface area contributed by atoms with Crippen LogP contribution in [0.25, 0.3) is 0 Å². The molecular weight excluding hydrogens is 640 g/mol. The first-order valence-electron chi connectivity index (χ1n) is 16.1. The number of benzene rings is 4. The van der Waals surface area contributed by atoms with Gasteiger partial charge in [0.25, 0.3) is 0 Å². The lowest BCUT2D eigenvalue weighted by Gasteiger charge is -2.34. The van der Waals surface area contributed by atoms with Gasteiger partial charge in [-0.3, -0.25) is 0 Å². The fourth-order valence-electron chi connectivity index (χ4n) is 6.40. The molecule has 0 saturated carbocycles. The molecule has 0 spiro atoms. The van der Waals surface area contributed by atoms with Gasteiger partial charge in [0, 0.05) is 122 Å². The minimum atomic E-state index is 0.652. The van der Waals surface area contributed by atoms with Gasteiger partial charge in [0.2, 0.25) is 0 Å². The van der Waals surface area contributed by atoms with Gasteiger partial charge in [0.1, 0.15) is 46.0 Å². The topological polar surface area (TPSA) is 86.8 Å². The summed E-state index contributed by atoms with van der Waals surface area (Å²) in [7, 11) is 13.3. The number of hydrogen-bond donors (Lipinski definition) is 0. The molecule has 0 atom stereocenters. The average Bonchev–Trinajstić information content (AvgIpc) is 3.82. The molecule has 12 heteroatoms. The summed E-state index contributed by atoms with van der Waals surface area (Å²) in [5, 5.41) is 0. The number of methoxy groups -OCH3 is 8. The third kappa shape index (κ3) is 6.60. The Labute approximate surface area is 293 Å². The summed E-state index contributed by atoms with van der Waals surface area (Å²) in [5.41, 5.74) is 3.61. The van der Waals surface area contributed by atoms with Crippen molar-refractivity contribution in [2.45, 2.75) is 0 Å². The molecule has 264 valence electrons. The molecule has 4 aromatic carbocycles. The highest BCUT2D eigenvalue weighted by Gasteiger charge is 2.40. The van der Waals surface area contributed by atoms with E-state index in [1.54, 1.807) is 56.9 Å². The molecule has 0 aliphatic carbocycles. The van der Waals surface area contributed by atoms with Crippen LogP contribution in [-0.4, -0.2) is 83.1 Å². The van der Waals surface area contributed by atoms with E-state index >= 15 is 0 Å². The van der Waals surface area contributed by atoms with E-state index in [4.69, 9.17) is 37.9 Å². The van der Waals surface area contributed by atoms with E-state index in [9.17, 15) is 0 Å². The van der Waals surface area contributed by atoms with Crippen LogP contribution in [-0.2, 0) is 0 Å². The average molecular weight is 685 g/mol. The molecule has 50 heavy (non-hydrogen) atoms. The largest absolute Gasteiger partial charge is 0.497 e. The highest BCUT2D eigenvalue weighted by molar-refractivity contribution is 5.76. The maximum absolute atomic E-state index is 5.73. The zero-order chi connectivity index (χ0) is 35.4. The summed E-state index contributed by atoms with van der Waals surface area (Å²) in [4.78, 5) is 9.14. The van der Waals surface area contributed by atoms with Crippen molar-refractivity contribution in [1.82, 2.24) is 0 Å². The third-order valence-electron chi connectivity index (χ3n) is 8.91. The Balaban J connectivity index is 1.67. The number of ether oxygens (including phenoxy) is 8. The fraction of sp³-hybridized carbons (Fsp3) is 0.316. The van der Waals surface area contributed by atoms with E-state index in [-0.39, 0.29) is 0 Å². The molecule has 0 amide bonds. The minimum Gasteiger partial charge on any atom is -0.497 e. The van der Waals surface area contributed by atoms with E-state index in [2.05, 4.69) is 19.6 Å². The van der Waals surface area contributed by atoms with Crippen molar-refractivity contribution in [3.05, 3.63) is 84.4 Å². The zero-order valence-corrected chi connectivity index (χ0v) is 29.8. The molecule has 0 unspecified atom stereocenters. The van der Waals surface area contributed by atoms with E-state index in [1.807, 2.05) is 72.8 Å². The lowest BCUT2D eigenvalue weighted by Crippen LogP contribution is -2.34. The van der Waals surface area contributed by atoms with Gasteiger partial charge in [-0.05, 0) is 0 Å². The van der Waals surface area contributed by atoms with Crippen molar-refractivity contribution in [3.8, 4) is 46.0 Å². The van der Waals surface area contributed by atoms with Crippen LogP contribution in [0.15, 0.2) is 84.4 Å². The van der Waals surface area contributed by atoms with Crippen LogP contribution >= 0.6 is 0 Å². The van der Waals surface area contributed by atoms with Crippen molar-refractivity contribution in [2.24, 2.45) is 0 Å². The van der Waals surface area contributed by atoms with Gasteiger partial charge in [-0.25, -0.2) is 0 Å².